The Bertz CT molecular complexity index is 151. The maximum Gasteiger partial charge on any atom is 0.0438 e. The minimum Gasteiger partial charge on any atom is -0.396 e. The normalized spacial score (nSPS) is 18.8. The maximum atomic E-state index is 8.61. The average Bonchev–Trinajstić information content (AvgIpc) is 2.17. The molecule has 0 aromatic rings. The first-order valence-electron chi connectivity index (χ1n) is 6.25. The zero-order valence-electron chi connectivity index (χ0n) is 9.87. The highest BCUT2D eigenvalue weighted by Gasteiger charge is 2.19. The fraction of sp³-hybridized carbons (Fsp3) is 1.00. The van der Waals surface area contributed by atoms with Gasteiger partial charge in [0, 0.05) is 24.9 Å². The number of hydrogen-bond acceptors (Lipinski definition) is 3. The van der Waals surface area contributed by atoms with Gasteiger partial charge in [0.05, 0.1) is 0 Å². The molecule has 0 radical (unpaired) electrons. The Kier molecular flexibility index (Phi) is 7.49. The van der Waals surface area contributed by atoms with Crippen molar-refractivity contribution in [3.05, 3.63) is 0 Å². The standard InChI is InChI=1S/C12H25NOS/c1-11(10-12-4-2-5-12)13-6-9-15-8-3-7-14/h11-14H,2-10H2,1H3. The third-order valence-electron chi connectivity index (χ3n) is 3.10. The first-order chi connectivity index (χ1) is 7.33. The Morgan fingerprint density at radius 3 is 2.80 bits per heavy atom. The van der Waals surface area contributed by atoms with Crippen molar-refractivity contribution in [3.8, 4) is 0 Å². The third kappa shape index (κ3) is 6.44. The van der Waals surface area contributed by atoms with Gasteiger partial charge in [0.2, 0.25) is 0 Å². The Balaban J connectivity index is 1.81. The minimum atomic E-state index is 0.332. The summed E-state index contributed by atoms with van der Waals surface area (Å²) in [6.07, 6.45) is 6.66. The van der Waals surface area contributed by atoms with Gasteiger partial charge in [-0.2, -0.15) is 11.8 Å². The molecule has 1 rings (SSSR count). The SMILES string of the molecule is CC(CC1CCC1)NCCSCCCO. The van der Waals surface area contributed by atoms with Crippen molar-refractivity contribution in [3.63, 3.8) is 0 Å². The van der Waals surface area contributed by atoms with Crippen LogP contribution in [-0.2, 0) is 0 Å². The fourth-order valence-corrected chi connectivity index (χ4v) is 2.76. The van der Waals surface area contributed by atoms with Crippen LogP contribution < -0.4 is 5.32 Å². The molecule has 1 fully saturated rings. The van der Waals surface area contributed by atoms with E-state index in [1.165, 1.54) is 31.4 Å². The smallest absolute Gasteiger partial charge is 0.0438 e. The lowest BCUT2D eigenvalue weighted by molar-refractivity contribution is 0.267. The lowest BCUT2D eigenvalue weighted by Gasteiger charge is -2.28. The van der Waals surface area contributed by atoms with E-state index in [1.807, 2.05) is 11.8 Å². The number of nitrogens with one attached hydrogen (secondary N) is 1. The predicted molar refractivity (Wildman–Crippen MR) is 68.5 cm³/mol. The van der Waals surface area contributed by atoms with Crippen LogP contribution in [0.15, 0.2) is 0 Å². The van der Waals surface area contributed by atoms with Gasteiger partial charge in [0.25, 0.3) is 0 Å². The summed E-state index contributed by atoms with van der Waals surface area (Å²) < 4.78 is 0. The quantitative estimate of drug-likeness (QED) is 0.597. The van der Waals surface area contributed by atoms with Crippen LogP contribution in [0.4, 0.5) is 0 Å². The second-order valence-electron chi connectivity index (χ2n) is 4.58. The molecule has 90 valence electrons. The van der Waals surface area contributed by atoms with Crippen molar-refractivity contribution in [2.45, 2.75) is 45.1 Å². The predicted octanol–water partition coefficient (Wildman–Crippen LogP) is 2.27. The van der Waals surface area contributed by atoms with Gasteiger partial charge in [-0.25, -0.2) is 0 Å². The number of aliphatic hydroxyl groups excluding tert-OH is 1. The van der Waals surface area contributed by atoms with Gasteiger partial charge in [0.15, 0.2) is 0 Å². The van der Waals surface area contributed by atoms with Crippen LogP contribution in [0.3, 0.4) is 0 Å². The molecule has 1 atom stereocenters. The molecule has 0 aromatic heterocycles. The Morgan fingerprint density at radius 2 is 2.20 bits per heavy atom. The van der Waals surface area contributed by atoms with Crippen molar-refractivity contribution in [1.82, 2.24) is 5.32 Å². The first kappa shape index (κ1) is 13.3. The molecule has 15 heavy (non-hydrogen) atoms. The van der Waals surface area contributed by atoms with Gasteiger partial charge in [-0.3, -0.25) is 0 Å². The number of hydrogen-bond donors (Lipinski definition) is 2. The van der Waals surface area contributed by atoms with E-state index in [-0.39, 0.29) is 0 Å². The summed E-state index contributed by atoms with van der Waals surface area (Å²) in [4.78, 5) is 0. The van der Waals surface area contributed by atoms with Crippen molar-refractivity contribution in [2.75, 3.05) is 24.7 Å². The van der Waals surface area contributed by atoms with Crippen LogP contribution in [0, 0.1) is 5.92 Å². The summed E-state index contributed by atoms with van der Waals surface area (Å²) in [6.45, 7) is 3.75. The lowest BCUT2D eigenvalue weighted by atomic mass is 9.81. The molecule has 0 bridgehead atoms. The molecule has 1 aliphatic rings. The molecular weight excluding hydrogens is 206 g/mol. The Morgan fingerprint density at radius 1 is 1.40 bits per heavy atom. The number of aliphatic hydroxyl groups is 1. The fourth-order valence-electron chi connectivity index (χ4n) is 1.96. The van der Waals surface area contributed by atoms with E-state index in [4.69, 9.17) is 5.11 Å². The molecule has 1 aliphatic carbocycles. The van der Waals surface area contributed by atoms with Crippen LogP contribution in [0.1, 0.15) is 39.0 Å². The molecule has 3 heteroatoms. The van der Waals surface area contributed by atoms with Gasteiger partial charge < -0.3 is 10.4 Å². The zero-order chi connectivity index (χ0) is 10.9. The molecule has 0 amide bonds. The maximum absolute atomic E-state index is 8.61. The highest BCUT2D eigenvalue weighted by molar-refractivity contribution is 7.99. The molecule has 0 saturated heterocycles. The van der Waals surface area contributed by atoms with E-state index in [2.05, 4.69) is 12.2 Å². The summed E-state index contributed by atoms with van der Waals surface area (Å²) >= 11 is 1.94. The lowest BCUT2D eigenvalue weighted by Crippen LogP contribution is -2.31. The molecule has 1 saturated carbocycles. The molecule has 0 aromatic carbocycles. The number of rotatable bonds is 9. The second kappa shape index (κ2) is 8.43. The van der Waals surface area contributed by atoms with Crippen LogP contribution >= 0.6 is 11.8 Å². The topological polar surface area (TPSA) is 32.3 Å². The van der Waals surface area contributed by atoms with E-state index < -0.39 is 0 Å². The summed E-state index contributed by atoms with van der Waals surface area (Å²) in [7, 11) is 0. The molecule has 1 unspecified atom stereocenters. The highest BCUT2D eigenvalue weighted by Crippen LogP contribution is 2.30. The Hall–Kier alpha value is 0.270. The molecule has 0 aliphatic heterocycles. The summed E-state index contributed by atoms with van der Waals surface area (Å²) in [6, 6.07) is 0.689. The zero-order valence-corrected chi connectivity index (χ0v) is 10.7. The van der Waals surface area contributed by atoms with Gasteiger partial charge in [-0.15, -0.1) is 0 Å². The van der Waals surface area contributed by atoms with Crippen LogP contribution in [0.25, 0.3) is 0 Å². The summed E-state index contributed by atoms with van der Waals surface area (Å²) in [5.74, 6) is 3.28. The van der Waals surface area contributed by atoms with Crippen LogP contribution in [0.5, 0.6) is 0 Å². The van der Waals surface area contributed by atoms with Crippen LogP contribution in [-0.4, -0.2) is 35.8 Å². The first-order valence-corrected chi connectivity index (χ1v) is 7.40. The van der Waals surface area contributed by atoms with Gasteiger partial charge in [0.1, 0.15) is 0 Å². The molecular formula is C12H25NOS. The van der Waals surface area contributed by atoms with E-state index >= 15 is 0 Å². The van der Waals surface area contributed by atoms with E-state index in [0.717, 1.165) is 24.6 Å². The molecule has 0 spiro atoms. The minimum absolute atomic E-state index is 0.332. The summed E-state index contributed by atoms with van der Waals surface area (Å²) in [5.41, 5.74) is 0. The van der Waals surface area contributed by atoms with E-state index in [1.54, 1.807) is 0 Å². The molecule has 0 heterocycles. The van der Waals surface area contributed by atoms with Gasteiger partial charge in [-0.1, -0.05) is 19.3 Å². The van der Waals surface area contributed by atoms with E-state index in [0.29, 0.717) is 12.6 Å². The second-order valence-corrected chi connectivity index (χ2v) is 5.80. The Labute approximate surface area is 98.2 Å². The number of thioether (sulfide) groups is 1. The monoisotopic (exact) mass is 231 g/mol. The largest absolute Gasteiger partial charge is 0.396 e. The van der Waals surface area contributed by atoms with Crippen molar-refractivity contribution in [2.24, 2.45) is 5.92 Å². The summed E-state index contributed by atoms with van der Waals surface area (Å²) in [5, 5.41) is 12.2. The highest BCUT2D eigenvalue weighted by atomic mass is 32.2. The van der Waals surface area contributed by atoms with Gasteiger partial charge >= 0.3 is 0 Å². The van der Waals surface area contributed by atoms with Crippen LogP contribution in [0.2, 0.25) is 0 Å². The van der Waals surface area contributed by atoms with E-state index in [9.17, 15) is 0 Å². The van der Waals surface area contributed by atoms with Crippen molar-refractivity contribution < 1.29 is 5.11 Å². The molecule has 2 N–H and O–H groups in total. The average molecular weight is 231 g/mol. The third-order valence-corrected chi connectivity index (χ3v) is 4.17. The van der Waals surface area contributed by atoms with Crippen molar-refractivity contribution in [1.29, 1.82) is 0 Å². The van der Waals surface area contributed by atoms with Crippen molar-refractivity contribution >= 4 is 11.8 Å². The molecule has 2 nitrogen and oxygen atoms in total. The van der Waals surface area contributed by atoms with Gasteiger partial charge in [-0.05, 0) is 31.4 Å².